The van der Waals surface area contributed by atoms with Crippen LogP contribution in [0.15, 0.2) is 28.8 Å². The molecule has 8 nitrogen and oxygen atoms in total. The van der Waals surface area contributed by atoms with Gasteiger partial charge in [0.15, 0.2) is 0 Å². The van der Waals surface area contributed by atoms with E-state index in [1.165, 1.54) is 17.0 Å². The van der Waals surface area contributed by atoms with Crippen molar-refractivity contribution in [3.05, 3.63) is 40.2 Å². The van der Waals surface area contributed by atoms with Crippen molar-refractivity contribution < 1.29 is 27.5 Å². The number of hydrogen-bond acceptors (Lipinski definition) is 5. The Labute approximate surface area is 188 Å². The quantitative estimate of drug-likeness (QED) is 0.547. The van der Waals surface area contributed by atoms with Gasteiger partial charge in [0, 0.05) is 12.1 Å². The summed E-state index contributed by atoms with van der Waals surface area (Å²) in [6.45, 7) is 1.57. The maximum absolute atomic E-state index is 13.5. The van der Waals surface area contributed by atoms with Crippen molar-refractivity contribution in [3.63, 3.8) is 0 Å². The van der Waals surface area contributed by atoms with Crippen LogP contribution in [0.1, 0.15) is 26.3 Å². The lowest BCUT2D eigenvalue weighted by Gasteiger charge is -2.34. The number of carbonyl (C=O) groups excluding carboxylic acids is 2. The Kier molecular flexibility index (Phi) is 8.13. The Morgan fingerprint density at radius 3 is 2.53 bits per heavy atom. The molecule has 1 heterocycles. The monoisotopic (exact) mass is 475 g/mol. The first-order valence-corrected chi connectivity index (χ1v) is 9.95. The van der Waals surface area contributed by atoms with Gasteiger partial charge in [-0.2, -0.15) is 8.78 Å². The molecule has 1 atom stereocenters. The molecule has 0 aliphatic carbocycles. The number of rotatable bonds is 6. The molecule has 2 rings (SSSR count). The third-order valence-electron chi connectivity index (χ3n) is 4.33. The van der Waals surface area contributed by atoms with Crippen LogP contribution in [0.2, 0.25) is 5.02 Å². The molecular weight excluding hydrogens is 451 g/mol. The van der Waals surface area contributed by atoms with Gasteiger partial charge in [0.05, 0.1) is 41.2 Å². The molecule has 0 bridgehead atoms. The fraction of sp³-hybridized carbons (Fsp3) is 0.450. The maximum atomic E-state index is 13.5. The van der Waals surface area contributed by atoms with Crippen LogP contribution in [0.3, 0.4) is 0 Å². The van der Waals surface area contributed by atoms with Crippen LogP contribution in [-0.2, 0) is 9.53 Å². The number of nitrogens with zero attached hydrogens (tertiary/aromatic N) is 2. The van der Waals surface area contributed by atoms with Crippen LogP contribution in [0, 0.1) is 5.82 Å². The highest BCUT2D eigenvalue weighted by molar-refractivity contribution is 6.31. The summed E-state index contributed by atoms with van der Waals surface area (Å²) in [4.78, 5) is 30.5. The smallest absolute Gasteiger partial charge is 0.345 e. The van der Waals surface area contributed by atoms with Gasteiger partial charge in [0.1, 0.15) is 5.82 Å². The van der Waals surface area contributed by atoms with Crippen molar-refractivity contribution in [2.75, 3.05) is 19.7 Å². The van der Waals surface area contributed by atoms with E-state index in [1.54, 1.807) is 20.8 Å². The van der Waals surface area contributed by atoms with E-state index in [1.807, 2.05) is 0 Å². The van der Waals surface area contributed by atoms with Crippen LogP contribution in [0.25, 0.3) is 5.70 Å². The largest absolute Gasteiger partial charge is 0.398 e. The molecular formula is C20H25ClF3N5O3. The highest BCUT2D eigenvalue weighted by atomic mass is 35.5. The number of benzene rings is 1. The summed E-state index contributed by atoms with van der Waals surface area (Å²) in [5, 5.41) is 2.53. The lowest BCUT2D eigenvalue weighted by atomic mass is 9.99. The number of alkyl halides is 2. The van der Waals surface area contributed by atoms with Gasteiger partial charge in [0.2, 0.25) is 0 Å². The van der Waals surface area contributed by atoms with Gasteiger partial charge >= 0.3 is 12.6 Å². The standard InChI is InChI=1S/C20H25ClF3N5O3/c1-20(2,3)28-19(31)29-7-11(9-32-18(23)24)27-14(8-29)15(17(26)30)16(25)10-4-5-13(22)12(21)6-10/h4-6,11,18H,7-9,25H2,1-3H3,(H2,26,30)(H,28,31). The molecule has 12 heteroatoms. The first kappa shape index (κ1) is 25.5. The van der Waals surface area contributed by atoms with Gasteiger partial charge in [-0.1, -0.05) is 11.6 Å². The summed E-state index contributed by atoms with van der Waals surface area (Å²) in [5.74, 6) is -1.65. The van der Waals surface area contributed by atoms with Crippen molar-refractivity contribution in [2.24, 2.45) is 16.5 Å². The number of aliphatic imine (C=N–C) groups is 1. The summed E-state index contributed by atoms with van der Waals surface area (Å²) in [7, 11) is 0. The molecule has 0 aromatic heterocycles. The molecule has 1 aliphatic heterocycles. The summed E-state index contributed by atoms with van der Waals surface area (Å²) in [6, 6.07) is 2.16. The number of halogens is 4. The second kappa shape index (κ2) is 10.2. The molecule has 32 heavy (non-hydrogen) atoms. The van der Waals surface area contributed by atoms with Gasteiger partial charge in [-0.3, -0.25) is 9.79 Å². The summed E-state index contributed by atoms with van der Waals surface area (Å²) in [5.41, 5.74) is 10.9. The van der Waals surface area contributed by atoms with E-state index in [0.717, 1.165) is 6.07 Å². The van der Waals surface area contributed by atoms with Gasteiger partial charge in [-0.25, -0.2) is 9.18 Å². The molecule has 3 amide bonds. The van der Waals surface area contributed by atoms with Gasteiger partial charge in [-0.15, -0.1) is 0 Å². The minimum Gasteiger partial charge on any atom is -0.398 e. The molecule has 176 valence electrons. The molecule has 1 aliphatic rings. The zero-order valence-corrected chi connectivity index (χ0v) is 18.5. The van der Waals surface area contributed by atoms with E-state index >= 15 is 0 Å². The van der Waals surface area contributed by atoms with Crippen LogP contribution in [-0.4, -0.2) is 60.4 Å². The lowest BCUT2D eigenvalue weighted by Crippen LogP contribution is -2.54. The molecule has 1 unspecified atom stereocenters. The SMILES string of the molecule is CC(C)(C)NC(=O)N1CC(C(C(N)=O)=C(N)c2ccc(F)c(Cl)c2)=NC(COC(F)F)C1. The van der Waals surface area contributed by atoms with Crippen LogP contribution in [0.5, 0.6) is 0 Å². The Morgan fingerprint density at radius 2 is 2.00 bits per heavy atom. The van der Waals surface area contributed by atoms with Crippen LogP contribution >= 0.6 is 11.6 Å². The number of hydrogen-bond donors (Lipinski definition) is 3. The topological polar surface area (TPSA) is 123 Å². The Morgan fingerprint density at radius 1 is 1.34 bits per heavy atom. The minimum absolute atomic E-state index is 0.00798. The highest BCUT2D eigenvalue weighted by Gasteiger charge is 2.32. The van der Waals surface area contributed by atoms with Crippen molar-refractivity contribution >= 4 is 34.9 Å². The third-order valence-corrected chi connectivity index (χ3v) is 4.62. The number of nitrogens with two attached hydrogens (primary N) is 2. The first-order chi connectivity index (χ1) is 14.8. The zero-order valence-electron chi connectivity index (χ0n) is 17.8. The van der Waals surface area contributed by atoms with E-state index in [-0.39, 0.29) is 40.7 Å². The lowest BCUT2D eigenvalue weighted by molar-refractivity contribution is -0.132. The fourth-order valence-electron chi connectivity index (χ4n) is 3.01. The van der Waals surface area contributed by atoms with E-state index in [4.69, 9.17) is 23.1 Å². The van der Waals surface area contributed by atoms with Gasteiger partial charge in [-0.05, 0) is 44.5 Å². The average molecular weight is 476 g/mol. The first-order valence-electron chi connectivity index (χ1n) is 9.57. The van der Waals surface area contributed by atoms with Crippen molar-refractivity contribution in [3.8, 4) is 0 Å². The summed E-state index contributed by atoms with van der Waals surface area (Å²) in [6.07, 6.45) is 0. The average Bonchev–Trinajstić information content (AvgIpc) is 2.66. The van der Waals surface area contributed by atoms with E-state index < -0.39 is 42.6 Å². The minimum atomic E-state index is -3.04. The molecule has 0 spiro atoms. The van der Waals surface area contributed by atoms with E-state index in [2.05, 4.69) is 15.0 Å². The predicted octanol–water partition coefficient (Wildman–Crippen LogP) is 2.51. The predicted molar refractivity (Wildman–Crippen MR) is 115 cm³/mol. The molecule has 5 N–H and O–H groups in total. The number of ether oxygens (including phenoxy) is 1. The maximum Gasteiger partial charge on any atom is 0.345 e. The van der Waals surface area contributed by atoms with Crippen molar-refractivity contribution in [1.82, 2.24) is 10.2 Å². The van der Waals surface area contributed by atoms with Crippen molar-refractivity contribution in [2.45, 2.75) is 39.0 Å². The molecule has 0 radical (unpaired) electrons. The molecule has 0 fully saturated rings. The molecule has 0 saturated heterocycles. The second-order valence-electron chi connectivity index (χ2n) is 8.17. The second-order valence-corrected chi connectivity index (χ2v) is 8.57. The Hall–Kier alpha value is -2.79. The Balaban J connectivity index is 2.49. The van der Waals surface area contributed by atoms with E-state index in [0.29, 0.717) is 0 Å². The van der Waals surface area contributed by atoms with Crippen LogP contribution in [0.4, 0.5) is 18.0 Å². The van der Waals surface area contributed by atoms with E-state index in [9.17, 15) is 22.8 Å². The molecule has 0 saturated carbocycles. The molecule has 1 aromatic carbocycles. The van der Waals surface area contributed by atoms with Crippen molar-refractivity contribution in [1.29, 1.82) is 0 Å². The van der Waals surface area contributed by atoms with Gasteiger partial charge in [0.25, 0.3) is 5.91 Å². The normalized spacial score (nSPS) is 17.7. The number of carbonyl (C=O) groups is 2. The fourth-order valence-corrected chi connectivity index (χ4v) is 3.19. The van der Waals surface area contributed by atoms with Gasteiger partial charge < -0.3 is 26.4 Å². The molecule has 1 aromatic rings. The summed E-state index contributed by atoms with van der Waals surface area (Å²) < 4.78 is 43.0. The van der Waals surface area contributed by atoms with Crippen LogP contribution < -0.4 is 16.8 Å². The zero-order chi connectivity index (χ0) is 24.2. The Bertz CT molecular complexity index is 947. The number of primary amides is 1. The number of nitrogens with one attached hydrogen (secondary N) is 1. The third kappa shape index (κ3) is 6.86. The number of amides is 3. The highest BCUT2D eigenvalue weighted by Crippen LogP contribution is 2.23. The number of urea groups is 1. The summed E-state index contributed by atoms with van der Waals surface area (Å²) >= 11 is 5.80.